The highest BCUT2D eigenvalue weighted by Crippen LogP contribution is 2.14. The molecule has 1 aromatic rings. The summed E-state index contributed by atoms with van der Waals surface area (Å²) in [5.41, 5.74) is 0.117. The maximum Gasteiger partial charge on any atom is 0.252 e. The zero-order chi connectivity index (χ0) is 11.3. The summed E-state index contributed by atoms with van der Waals surface area (Å²) >= 11 is 0. The Morgan fingerprint density at radius 3 is 3.00 bits per heavy atom. The molecule has 0 aromatic carbocycles. The fraction of sp³-hybridized carbons (Fsp3) is 0.333. The first-order chi connectivity index (χ1) is 7.19. The van der Waals surface area contributed by atoms with Gasteiger partial charge in [-0.3, -0.25) is 4.79 Å². The summed E-state index contributed by atoms with van der Waals surface area (Å²) in [4.78, 5) is 14.7. The van der Waals surface area contributed by atoms with Gasteiger partial charge < -0.3 is 15.2 Å². The zero-order valence-electron chi connectivity index (χ0n) is 8.16. The molecule has 0 fully saturated rings. The number of aromatic nitrogens is 1. The van der Waals surface area contributed by atoms with E-state index in [0.29, 0.717) is 0 Å². The molecule has 0 atom stereocenters. The first-order valence-corrected chi connectivity index (χ1v) is 4.30. The number of hydrogen-bond donors (Lipinski definition) is 2. The molecule has 0 saturated carbocycles. The van der Waals surface area contributed by atoms with E-state index in [4.69, 9.17) is 9.84 Å². The number of pyridine rings is 1. The van der Waals surface area contributed by atoms with Crippen molar-refractivity contribution in [3.8, 4) is 5.88 Å². The lowest BCUT2D eigenvalue weighted by Crippen LogP contribution is -2.18. The number of carbonyl (C=O) groups excluding carboxylic acids is 1. The maximum absolute atomic E-state index is 13.2. The molecule has 0 saturated heterocycles. The standard InChI is InChI=1S/C9H11FN2O3/c1-11-8(14)6-4-7(10)9(12-5-6)15-3-2-13/h4-5,13H,2-3H2,1H3,(H,11,14). The number of carbonyl (C=O) groups is 1. The van der Waals surface area contributed by atoms with Crippen molar-refractivity contribution in [3.05, 3.63) is 23.6 Å². The van der Waals surface area contributed by atoms with Crippen molar-refractivity contribution in [2.45, 2.75) is 0 Å². The number of halogens is 1. The number of nitrogens with zero attached hydrogens (tertiary/aromatic N) is 1. The summed E-state index contributed by atoms with van der Waals surface area (Å²) < 4.78 is 18.0. The number of amides is 1. The van der Waals surface area contributed by atoms with Crippen LogP contribution in [-0.2, 0) is 0 Å². The van der Waals surface area contributed by atoms with Gasteiger partial charge in [0.1, 0.15) is 6.61 Å². The Morgan fingerprint density at radius 2 is 2.47 bits per heavy atom. The van der Waals surface area contributed by atoms with Gasteiger partial charge in [-0.25, -0.2) is 9.37 Å². The molecule has 1 heterocycles. The van der Waals surface area contributed by atoms with Crippen LogP contribution in [0.3, 0.4) is 0 Å². The van der Waals surface area contributed by atoms with Crippen molar-refractivity contribution < 1.29 is 19.0 Å². The smallest absolute Gasteiger partial charge is 0.252 e. The van der Waals surface area contributed by atoms with Crippen molar-refractivity contribution in [2.24, 2.45) is 0 Å². The predicted octanol–water partition coefficient (Wildman–Crippen LogP) is -0.0486. The molecule has 6 heteroatoms. The number of aliphatic hydroxyl groups excluding tert-OH is 1. The number of hydrogen-bond acceptors (Lipinski definition) is 4. The summed E-state index contributed by atoms with van der Waals surface area (Å²) in [6, 6.07) is 1.03. The van der Waals surface area contributed by atoms with E-state index in [1.165, 1.54) is 13.2 Å². The zero-order valence-corrected chi connectivity index (χ0v) is 8.16. The third-order valence-corrected chi connectivity index (χ3v) is 1.63. The summed E-state index contributed by atoms with van der Waals surface area (Å²) in [5, 5.41) is 10.8. The van der Waals surface area contributed by atoms with Crippen LogP contribution >= 0.6 is 0 Å². The Balaban J connectivity index is 2.83. The molecule has 5 nitrogen and oxygen atoms in total. The molecule has 0 radical (unpaired) electrons. The second-order valence-corrected chi connectivity index (χ2v) is 2.66. The molecular weight excluding hydrogens is 203 g/mol. The Bertz CT molecular complexity index is 357. The average Bonchev–Trinajstić information content (AvgIpc) is 2.26. The van der Waals surface area contributed by atoms with Gasteiger partial charge in [-0.1, -0.05) is 0 Å². The highest BCUT2D eigenvalue weighted by Gasteiger charge is 2.10. The molecule has 82 valence electrons. The SMILES string of the molecule is CNC(=O)c1cnc(OCCO)c(F)c1. The lowest BCUT2D eigenvalue weighted by atomic mass is 10.2. The fourth-order valence-corrected chi connectivity index (χ4v) is 0.942. The average molecular weight is 214 g/mol. The van der Waals surface area contributed by atoms with E-state index in [9.17, 15) is 9.18 Å². The molecule has 0 spiro atoms. The molecule has 15 heavy (non-hydrogen) atoms. The molecule has 1 rings (SSSR count). The molecule has 0 aliphatic heterocycles. The Labute approximate surface area is 85.9 Å². The molecule has 1 amide bonds. The van der Waals surface area contributed by atoms with Gasteiger partial charge in [-0.15, -0.1) is 0 Å². The minimum atomic E-state index is -0.732. The van der Waals surface area contributed by atoms with E-state index in [1.807, 2.05) is 0 Å². The van der Waals surface area contributed by atoms with Crippen LogP contribution in [0.5, 0.6) is 5.88 Å². The summed E-state index contributed by atoms with van der Waals surface area (Å²) in [6.45, 7) is -0.262. The first kappa shape index (κ1) is 11.4. The fourth-order valence-electron chi connectivity index (χ4n) is 0.942. The van der Waals surface area contributed by atoms with Crippen molar-refractivity contribution >= 4 is 5.91 Å². The monoisotopic (exact) mass is 214 g/mol. The minimum Gasteiger partial charge on any atom is -0.473 e. The molecule has 0 unspecified atom stereocenters. The highest BCUT2D eigenvalue weighted by atomic mass is 19.1. The molecule has 0 aliphatic rings. The second-order valence-electron chi connectivity index (χ2n) is 2.66. The van der Waals surface area contributed by atoms with Crippen molar-refractivity contribution in [2.75, 3.05) is 20.3 Å². The number of rotatable bonds is 4. The van der Waals surface area contributed by atoms with Crippen LogP contribution < -0.4 is 10.1 Å². The Hall–Kier alpha value is -1.69. The largest absolute Gasteiger partial charge is 0.473 e. The van der Waals surface area contributed by atoms with Crippen LogP contribution in [0.25, 0.3) is 0 Å². The summed E-state index contributed by atoms with van der Waals surface area (Å²) in [6.07, 6.45) is 1.20. The van der Waals surface area contributed by atoms with Crippen molar-refractivity contribution in [1.82, 2.24) is 10.3 Å². The van der Waals surface area contributed by atoms with E-state index in [1.54, 1.807) is 0 Å². The molecule has 2 N–H and O–H groups in total. The van der Waals surface area contributed by atoms with Gasteiger partial charge in [0, 0.05) is 13.2 Å². The quantitative estimate of drug-likeness (QED) is 0.737. The van der Waals surface area contributed by atoms with Crippen LogP contribution in [0.1, 0.15) is 10.4 Å². The van der Waals surface area contributed by atoms with E-state index < -0.39 is 11.7 Å². The second kappa shape index (κ2) is 5.26. The van der Waals surface area contributed by atoms with Gasteiger partial charge in [0.15, 0.2) is 5.82 Å². The van der Waals surface area contributed by atoms with Crippen LogP contribution in [0.15, 0.2) is 12.3 Å². The predicted molar refractivity (Wildman–Crippen MR) is 50.2 cm³/mol. The Morgan fingerprint density at radius 1 is 1.73 bits per heavy atom. The van der Waals surface area contributed by atoms with Gasteiger partial charge >= 0.3 is 0 Å². The van der Waals surface area contributed by atoms with E-state index in [0.717, 1.165) is 6.07 Å². The topological polar surface area (TPSA) is 71.5 Å². The van der Waals surface area contributed by atoms with Crippen LogP contribution in [-0.4, -0.2) is 36.3 Å². The van der Waals surface area contributed by atoms with E-state index in [-0.39, 0.29) is 24.7 Å². The highest BCUT2D eigenvalue weighted by molar-refractivity contribution is 5.93. The molecule has 0 aliphatic carbocycles. The Kier molecular flexibility index (Phi) is 3.99. The molecule has 1 aromatic heterocycles. The number of nitrogens with one attached hydrogen (secondary N) is 1. The van der Waals surface area contributed by atoms with E-state index in [2.05, 4.69) is 10.3 Å². The normalized spacial score (nSPS) is 9.80. The summed E-state index contributed by atoms with van der Waals surface area (Å²) in [5.74, 6) is -1.38. The van der Waals surface area contributed by atoms with Crippen molar-refractivity contribution in [3.63, 3.8) is 0 Å². The van der Waals surface area contributed by atoms with Crippen LogP contribution in [0.2, 0.25) is 0 Å². The molecular formula is C9H11FN2O3. The first-order valence-electron chi connectivity index (χ1n) is 4.30. The van der Waals surface area contributed by atoms with Crippen molar-refractivity contribution in [1.29, 1.82) is 0 Å². The lowest BCUT2D eigenvalue weighted by molar-refractivity contribution is 0.0962. The maximum atomic E-state index is 13.2. The summed E-state index contributed by atoms with van der Waals surface area (Å²) in [7, 11) is 1.44. The van der Waals surface area contributed by atoms with Gasteiger partial charge in [0.25, 0.3) is 5.91 Å². The minimum absolute atomic E-state index is 0.0385. The van der Waals surface area contributed by atoms with E-state index >= 15 is 0 Å². The number of aliphatic hydroxyl groups is 1. The molecule has 0 bridgehead atoms. The van der Waals surface area contributed by atoms with Gasteiger partial charge in [0.2, 0.25) is 5.88 Å². The van der Waals surface area contributed by atoms with Crippen LogP contribution in [0, 0.1) is 5.82 Å². The lowest BCUT2D eigenvalue weighted by Gasteiger charge is -2.05. The van der Waals surface area contributed by atoms with Gasteiger partial charge in [-0.05, 0) is 6.07 Å². The third kappa shape index (κ3) is 2.88. The van der Waals surface area contributed by atoms with Crippen LogP contribution in [0.4, 0.5) is 4.39 Å². The number of ether oxygens (including phenoxy) is 1. The van der Waals surface area contributed by atoms with Gasteiger partial charge in [-0.2, -0.15) is 0 Å². The van der Waals surface area contributed by atoms with Gasteiger partial charge in [0.05, 0.1) is 12.2 Å². The third-order valence-electron chi connectivity index (χ3n) is 1.63.